The van der Waals surface area contributed by atoms with Gasteiger partial charge < -0.3 is 9.84 Å². The Morgan fingerprint density at radius 2 is 2.00 bits per heavy atom. The normalized spacial score (nSPS) is 10.9. The maximum absolute atomic E-state index is 8.96. The molecular formula is C15H19NO2S. The lowest BCUT2D eigenvalue weighted by molar-refractivity contribution is 0.285. The number of hydrogen-bond acceptors (Lipinski definition) is 4. The van der Waals surface area contributed by atoms with Gasteiger partial charge in [-0.3, -0.25) is 0 Å². The molecule has 19 heavy (non-hydrogen) atoms. The van der Waals surface area contributed by atoms with E-state index in [2.05, 4.69) is 31.0 Å². The smallest absolute Gasteiger partial charge is 0.119 e. The summed E-state index contributed by atoms with van der Waals surface area (Å²) in [5.41, 5.74) is 1.32. The topological polar surface area (TPSA) is 42.4 Å². The monoisotopic (exact) mass is 277 g/mol. The molecule has 0 saturated heterocycles. The summed E-state index contributed by atoms with van der Waals surface area (Å²) in [6.45, 7) is 5.03. The molecule has 3 nitrogen and oxygen atoms in total. The van der Waals surface area contributed by atoms with Gasteiger partial charge in [0.05, 0.1) is 23.1 Å². The van der Waals surface area contributed by atoms with Gasteiger partial charge in [0.15, 0.2) is 0 Å². The van der Waals surface area contributed by atoms with Crippen molar-refractivity contribution in [3.05, 3.63) is 45.9 Å². The van der Waals surface area contributed by atoms with E-state index in [1.807, 2.05) is 12.1 Å². The molecule has 0 atom stereocenters. The van der Waals surface area contributed by atoms with Gasteiger partial charge in [0, 0.05) is 12.6 Å². The van der Waals surface area contributed by atoms with Crippen molar-refractivity contribution in [3.63, 3.8) is 0 Å². The fraction of sp³-hybridized carbons (Fsp3) is 0.400. The maximum Gasteiger partial charge on any atom is 0.119 e. The zero-order valence-electron chi connectivity index (χ0n) is 11.3. The molecule has 0 aliphatic rings. The third kappa shape index (κ3) is 4.04. The highest BCUT2D eigenvalue weighted by atomic mass is 32.1. The standard InChI is InChI=1S/C15H19NO2S/c1-11(2)12-3-5-13(6-4-12)18-8-7-15-16-9-14(10-17)19-15/h3-6,9,11,17H,7-8,10H2,1-2H3. The van der Waals surface area contributed by atoms with Gasteiger partial charge in [-0.2, -0.15) is 0 Å². The molecule has 102 valence electrons. The molecule has 1 N–H and O–H groups in total. The Hall–Kier alpha value is -1.39. The van der Waals surface area contributed by atoms with E-state index in [0.717, 1.165) is 22.1 Å². The van der Waals surface area contributed by atoms with Gasteiger partial charge in [-0.1, -0.05) is 26.0 Å². The minimum Gasteiger partial charge on any atom is -0.493 e. The Kier molecular flexibility index (Phi) is 4.93. The van der Waals surface area contributed by atoms with Crippen LogP contribution in [0.2, 0.25) is 0 Å². The molecule has 4 heteroatoms. The van der Waals surface area contributed by atoms with Crippen molar-refractivity contribution in [1.29, 1.82) is 0 Å². The number of hydrogen-bond donors (Lipinski definition) is 1. The molecule has 0 bridgehead atoms. The third-order valence-corrected chi connectivity index (χ3v) is 3.93. The first-order valence-corrected chi connectivity index (χ1v) is 7.28. The van der Waals surface area contributed by atoms with Crippen LogP contribution in [0.15, 0.2) is 30.5 Å². The average molecular weight is 277 g/mol. The number of aliphatic hydroxyl groups is 1. The molecule has 0 spiro atoms. The summed E-state index contributed by atoms with van der Waals surface area (Å²) in [7, 11) is 0. The van der Waals surface area contributed by atoms with E-state index in [0.29, 0.717) is 12.5 Å². The van der Waals surface area contributed by atoms with Crippen LogP contribution in [-0.2, 0) is 13.0 Å². The van der Waals surface area contributed by atoms with Crippen molar-refractivity contribution >= 4 is 11.3 Å². The van der Waals surface area contributed by atoms with Gasteiger partial charge in [0.25, 0.3) is 0 Å². The van der Waals surface area contributed by atoms with Gasteiger partial charge in [0.1, 0.15) is 5.75 Å². The average Bonchev–Trinajstić information content (AvgIpc) is 2.87. The summed E-state index contributed by atoms with van der Waals surface area (Å²) in [4.78, 5) is 5.13. The molecule has 2 rings (SSSR count). The number of nitrogens with zero attached hydrogens (tertiary/aromatic N) is 1. The zero-order valence-corrected chi connectivity index (χ0v) is 12.1. The number of aliphatic hydroxyl groups excluding tert-OH is 1. The van der Waals surface area contributed by atoms with Crippen LogP contribution in [0.25, 0.3) is 0 Å². The molecule has 1 aromatic heterocycles. The van der Waals surface area contributed by atoms with Crippen molar-refractivity contribution in [2.45, 2.75) is 32.8 Å². The van der Waals surface area contributed by atoms with E-state index in [9.17, 15) is 0 Å². The molecule has 1 aromatic carbocycles. The van der Waals surface area contributed by atoms with Crippen molar-refractivity contribution in [2.75, 3.05) is 6.61 Å². The quantitative estimate of drug-likeness (QED) is 0.880. The van der Waals surface area contributed by atoms with Crippen LogP contribution < -0.4 is 4.74 Å². The van der Waals surface area contributed by atoms with Crippen LogP contribution >= 0.6 is 11.3 Å². The molecular weight excluding hydrogens is 258 g/mol. The van der Waals surface area contributed by atoms with Crippen LogP contribution in [0, 0.1) is 0 Å². The lowest BCUT2D eigenvalue weighted by Gasteiger charge is -2.08. The minimum absolute atomic E-state index is 0.0647. The van der Waals surface area contributed by atoms with E-state index >= 15 is 0 Å². The highest BCUT2D eigenvalue weighted by Gasteiger charge is 2.02. The summed E-state index contributed by atoms with van der Waals surface area (Å²) in [6, 6.07) is 8.23. The molecule has 0 aliphatic carbocycles. The minimum atomic E-state index is 0.0647. The van der Waals surface area contributed by atoms with E-state index < -0.39 is 0 Å². The van der Waals surface area contributed by atoms with Gasteiger partial charge in [0.2, 0.25) is 0 Å². The summed E-state index contributed by atoms with van der Waals surface area (Å²) < 4.78 is 5.69. The fourth-order valence-electron chi connectivity index (χ4n) is 1.74. The lowest BCUT2D eigenvalue weighted by atomic mass is 10.0. The number of thiazole rings is 1. The fourth-order valence-corrected chi connectivity index (χ4v) is 2.51. The SMILES string of the molecule is CC(C)c1ccc(OCCc2ncc(CO)s2)cc1. The zero-order chi connectivity index (χ0) is 13.7. The van der Waals surface area contributed by atoms with E-state index in [1.54, 1.807) is 6.20 Å². The predicted octanol–water partition coefficient (Wildman–Crippen LogP) is 3.38. The van der Waals surface area contributed by atoms with E-state index in [-0.39, 0.29) is 6.61 Å². The number of ether oxygens (including phenoxy) is 1. The van der Waals surface area contributed by atoms with E-state index in [1.165, 1.54) is 16.9 Å². The first-order chi connectivity index (χ1) is 9.19. The van der Waals surface area contributed by atoms with Crippen LogP contribution in [0.1, 0.15) is 35.2 Å². The largest absolute Gasteiger partial charge is 0.493 e. The Bertz CT molecular complexity index is 505. The van der Waals surface area contributed by atoms with E-state index in [4.69, 9.17) is 9.84 Å². The second kappa shape index (κ2) is 6.68. The first-order valence-electron chi connectivity index (χ1n) is 6.46. The lowest BCUT2D eigenvalue weighted by Crippen LogP contribution is -2.01. The first kappa shape index (κ1) is 14.0. The maximum atomic E-state index is 8.96. The third-order valence-electron chi connectivity index (χ3n) is 2.89. The number of benzene rings is 1. The Balaban J connectivity index is 1.82. The van der Waals surface area contributed by atoms with Gasteiger partial charge in [-0.05, 0) is 23.6 Å². The van der Waals surface area contributed by atoms with Gasteiger partial charge >= 0.3 is 0 Å². The Morgan fingerprint density at radius 3 is 2.58 bits per heavy atom. The van der Waals surface area contributed by atoms with Crippen LogP contribution in [0.4, 0.5) is 0 Å². The molecule has 0 amide bonds. The molecule has 0 fully saturated rings. The molecule has 2 aromatic rings. The Labute approximate surface area is 117 Å². The van der Waals surface area contributed by atoms with Crippen LogP contribution in [0.3, 0.4) is 0 Å². The summed E-state index contributed by atoms with van der Waals surface area (Å²) in [6.07, 6.45) is 2.49. The second-order valence-electron chi connectivity index (χ2n) is 4.70. The van der Waals surface area contributed by atoms with Crippen molar-refractivity contribution in [2.24, 2.45) is 0 Å². The molecule has 0 aliphatic heterocycles. The summed E-state index contributed by atoms with van der Waals surface area (Å²) in [5.74, 6) is 1.43. The highest BCUT2D eigenvalue weighted by molar-refractivity contribution is 7.11. The van der Waals surface area contributed by atoms with Crippen molar-refractivity contribution in [1.82, 2.24) is 4.98 Å². The highest BCUT2D eigenvalue weighted by Crippen LogP contribution is 2.19. The number of aromatic nitrogens is 1. The molecule has 0 saturated carbocycles. The van der Waals surface area contributed by atoms with Crippen LogP contribution in [-0.4, -0.2) is 16.7 Å². The van der Waals surface area contributed by atoms with Crippen LogP contribution in [0.5, 0.6) is 5.75 Å². The molecule has 0 unspecified atom stereocenters. The summed E-state index contributed by atoms with van der Waals surface area (Å²) >= 11 is 1.53. The second-order valence-corrected chi connectivity index (χ2v) is 5.90. The number of rotatable bonds is 6. The van der Waals surface area contributed by atoms with Crippen molar-refractivity contribution < 1.29 is 9.84 Å². The van der Waals surface area contributed by atoms with Gasteiger partial charge in [-0.25, -0.2) is 4.98 Å². The molecule has 0 radical (unpaired) electrons. The Morgan fingerprint density at radius 1 is 1.26 bits per heavy atom. The summed E-state index contributed by atoms with van der Waals surface area (Å²) in [5, 5.41) is 9.97. The molecule has 1 heterocycles. The van der Waals surface area contributed by atoms with Crippen molar-refractivity contribution in [3.8, 4) is 5.75 Å². The predicted molar refractivity (Wildman–Crippen MR) is 77.8 cm³/mol. The van der Waals surface area contributed by atoms with Gasteiger partial charge in [-0.15, -0.1) is 11.3 Å².